The fourth-order valence-corrected chi connectivity index (χ4v) is 2.36. The van der Waals surface area contributed by atoms with E-state index < -0.39 is 0 Å². The first-order valence-electron chi connectivity index (χ1n) is 5.89. The van der Waals surface area contributed by atoms with Crippen LogP contribution in [0.3, 0.4) is 0 Å². The molecule has 0 saturated heterocycles. The van der Waals surface area contributed by atoms with Gasteiger partial charge in [-0.05, 0) is 40.3 Å². The first kappa shape index (κ1) is 14.8. The van der Waals surface area contributed by atoms with E-state index in [2.05, 4.69) is 39.1 Å². The second-order valence-electron chi connectivity index (χ2n) is 4.06. The number of rotatable bonds is 6. The van der Waals surface area contributed by atoms with Gasteiger partial charge in [-0.3, -0.25) is 0 Å². The molecule has 0 aliphatic rings. The monoisotopic (exact) mass is 391 g/mol. The molecule has 0 unspecified atom stereocenters. The summed E-state index contributed by atoms with van der Waals surface area (Å²) in [5.41, 5.74) is 2.04. The maximum Gasteiger partial charge on any atom is 0.0832 e. The van der Waals surface area contributed by atoms with Crippen molar-refractivity contribution in [2.24, 2.45) is 0 Å². The molecular formula is C13H15ClIN3O. The van der Waals surface area contributed by atoms with Crippen LogP contribution in [0.1, 0.15) is 5.56 Å². The van der Waals surface area contributed by atoms with E-state index in [9.17, 15) is 0 Å². The molecule has 102 valence electrons. The predicted octanol–water partition coefficient (Wildman–Crippen LogP) is 2.87. The van der Waals surface area contributed by atoms with Gasteiger partial charge >= 0.3 is 0 Å². The van der Waals surface area contributed by atoms with Crippen LogP contribution in [0.5, 0.6) is 0 Å². The molecule has 4 nitrogen and oxygen atoms in total. The van der Waals surface area contributed by atoms with Crippen LogP contribution in [0.2, 0.25) is 5.02 Å². The van der Waals surface area contributed by atoms with Gasteiger partial charge in [0.05, 0.1) is 27.1 Å². The lowest BCUT2D eigenvalue weighted by atomic mass is 10.2. The SMILES string of the molecule is COCCNCc1ccc(-n2cc(I)cn2)c(Cl)c1. The second-order valence-corrected chi connectivity index (χ2v) is 5.71. The number of nitrogens with zero attached hydrogens (tertiary/aromatic N) is 2. The quantitative estimate of drug-likeness (QED) is 0.608. The van der Waals surface area contributed by atoms with Crippen LogP contribution in [0.25, 0.3) is 5.69 Å². The Labute approximate surface area is 131 Å². The topological polar surface area (TPSA) is 39.1 Å². The summed E-state index contributed by atoms with van der Waals surface area (Å²) in [7, 11) is 1.69. The molecule has 19 heavy (non-hydrogen) atoms. The second kappa shape index (κ2) is 7.23. The van der Waals surface area contributed by atoms with E-state index in [0.29, 0.717) is 11.6 Å². The summed E-state index contributed by atoms with van der Waals surface area (Å²) in [6, 6.07) is 6.00. The van der Waals surface area contributed by atoms with Crippen LogP contribution in [0.4, 0.5) is 0 Å². The number of methoxy groups -OCH3 is 1. The lowest BCUT2D eigenvalue weighted by molar-refractivity contribution is 0.199. The van der Waals surface area contributed by atoms with Gasteiger partial charge < -0.3 is 10.1 Å². The van der Waals surface area contributed by atoms with Gasteiger partial charge in [-0.15, -0.1) is 0 Å². The van der Waals surface area contributed by atoms with Crippen LogP contribution in [0, 0.1) is 3.57 Å². The summed E-state index contributed by atoms with van der Waals surface area (Å²) in [5, 5.41) is 8.24. The molecule has 1 aromatic heterocycles. The van der Waals surface area contributed by atoms with Crippen LogP contribution in [-0.4, -0.2) is 30.0 Å². The highest BCUT2D eigenvalue weighted by molar-refractivity contribution is 14.1. The molecule has 6 heteroatoms. The van der Waals surface area contributed by atoms with Gasteiger partial charge in [-0.25, -0.2) is 4.68 Å². The first-order chi connectivity index (χ1) is 9.20. The van der Waals surface area contributed by atoms with Crippen LogP contribution in [-0.2, 0) is 11.3 Å². The van der Waals surface area contributed by atoms with Crippen molar-refractivity contribution in [3.63, 3.8) is 0 Å². The van der Waals surface area contributed by atoms with Gasteiger partial charge in [-0.2, -0.15) is 5.10 Å². The van der Waals surface area contributed by atoms with Gasteiger partial charge in [0.1, 0.15) is 0 Å². The van der Waals surface area contributed by atoms with Crippen molar-refractivity contribution in [1.29, 1.82) is 0 Å². The van der Waals surface area contributed by atoms with Crippen molar-refractivity contribution in [2.45, 2.75) is 6.54 Å². The van der Waals surface area contributed by atoms with Gasteiger partial charge in [0.25, 0.3) is 0 Å². The third kappa shape index (κ3) is 4.17. The molecule has 0 bridgehead atoms. The zero-order valence-electron chi connectivity index (χ0n) is 10.6. The van der Waals surface area contributed by atoms with Gasteiger partial charge in [-0.1, -0.05) is 17.7 Å². The Morgan fingerprint density at radius 2 is 2.32 bits per heavy atom. The van der Waals surface area contributed by atoms with Crippen molar-refractivity contribution < 1.29 is 4.74 Å². The number of nitrogens with one attached hydrogen (secondary N) is 1. The molecule has 1 N–H and O–H groups in total. The highest BCUT2D eigenvalue weighted by Crippen LogP contribution is 2.22. The molecule has 0 aliphatic carbocycles. The van der Waals surface area contributed by atoms with E-state index in [0.717, 1.165) is 27.9 Å². The molecular weight excluding hydrogens is 377 g/mol. The Hall–Kier alpha value is -0.630. The fraction of sp³-hybridized carbons (Fsp3) is 0.308. The van der Waals surface area contributed by atoms with Crippen molar-refractivity contribution in [2.75, 3.05) is 20.3 Å². The Kier molecular flexibility index (Phi) is 5.62. The maximum absolute atomic E-state index is 6.30. The number of ether oxygens (including phenoxy) is 1. The third-order valence-electron chi connectivity index (χ3n) is 2.62. The summed E-state index contributed by atoms with van der Waals surface area (Å²) < 4.78 is 7.85. The molecule has 2 rings (SSSR count). The number of hydrogen-bond acceptors (Lipinski definition) is 3. The van der Waals surface area contributed by atoms with Crippen LogP contribution in [0.15, 0.2) is 30.6 Å². The van der Waals surface area contributed by atoms with E-state index in [1.165, 1.54) is 0 Å². The van der Waals surface area contributed by atoms with Crippen molar-refractivity contribution in [3.8, 4) is 5.69 Å². The van der Waals surface area contributed by atoms with E-state index in [4.69, 9.17) is 16.3 Å². The molecule has 0 saturated carbocycles. The summed E-state index contributed by atoms with van der Waals surface area (Å²) in [6.07, 6.45) is 3.75. The minimum atomic E-state index is 0.700. The largest absolute Gasteiger partial charge is 0.383 e. The molecule has 0 radical (unpaired) electrons. The lowest BCUT2D eigenvalue weighted by Crippen LogP contribution is -2.18. The standard InChI is InChI=1S/C13H15ClIN3O/c1-19-5-4-16-7-10-2-3-13(12(14)6-10)18-9-11(15)8-17-18/h2-3,6,8-9,16H,4-5,7H2,1H3. The Morgan fingerprint density at radius 1 is 1.47 bits per heavy atom. The zero-order chi connectivity index (χ0) is 13.7. The Morgan fingerprint density at radius 3 is 2.95 bits per heavy atom. The van der Waals surface area contributed by atoms with Crippen molar-refractivity contribution >= 4 is 34.2 Å². The number of hydrogen-bond donors (Lipinski definition) is 1. The van der Waals surface area contributed by atoms with Crippen molar-refractivity contribution in [3.05, 3.63) is 44.7 Å². The Balaban J connectivity index is 2.05. The number of aromatic nitrogens is 2. The molecule has 0 spiro atoms. The van der Waals surface area contributed by atoms with Crippen LogP contribution >= 0.6 is 34.2 Å². The minimum Gasteiger partial charge on any atom is -0.383 e. The summed E-state index contributed by atoms with van der Waals surface area (Å²) >= 11 is 8.52. The third-order valence-corrected chi connectivity index (χ3v) is 3.48. The first-order valence-corrected chi connectivity index (χ1v) is 7.35. The van der Waals surface area contributed by atoms with E-state index in [1.54, 1.807) is 18.0 Å². The van der Waals surface area contributed by atoms with E-state index in [-0.39, 0.29) is 0 Å². The molecule has 0 fully saturated rings. The number of benzene rings is 1. The summed E-state index contributed by atoms with van der Waals surface area (Å²) in [4.78, 5) is 0. The van der Waals surface area contributed by atoms with Gasteiger partial charge in [0, 0.05) is 26.4 Å². The zero-order valence-corrected chi connectivity index (χ0v) is 13.5. The molecule has 1 heterocycles. The smallest absolute Gasteiger partial charge is 0.0832 e. The average Bonchev–Trinajstić information content (AvgIpc) is 2.81. The van der Waals surface area contributed by atoms with E-state index >= 15 is 0 Å². The summed E-state index contributed by atoms with van der Waals surface area (Å²) in [5.74, 6) is 0. The normalized spacial score (nSPS) is 10.9. The van der Waals surface area contributed by atoms with E-state index in [1.807, 2.05) is 18.3 Å². The molecule has 0 aliphatic heterocycles. The Bertz CT molecular complexity index is 544. The predicted molar refractivity (Wildman–Crippen MR) is 84.9 cm³/mol. The molecule has 1 aromatic carbocycles. The molecule has 0 atom stereocenters. The number of halogens is 2. The van der Waals surface area contributed by atoms with Gasteiger partial charge in [0.2, 0.25) is 0 Å². The highest BCUT2D eigenvalue weighted by Gasteiger charge is 2.05. The maximum atomic E-state index is 6.30. The average molecular weight is 392 g/mol. The minimum absolute atomic E-state index is 0.700. The summed E-state index contributed by atoms with van der Waals surface area (Å²) in [6.45, 7) is 2.31. The van der Waals surface area contributed by atoms with Crippen molar-refractivity contribution in [1.82, 2.24) is 15.1 Å². The molecule has 0 amide bonds. The fourth-order valence-electron chi connectivity index (χ4n) is 1.69. The lowest BCUT2D eigenvalue weighted by Gasteiger charge is -2.08. The molecule has 2 aromatic rings. The van der Waals surface area contributed by atoms with Gasteiger partial charge in [0.15, 0.2) is 0 Å². The highest BCUT2D eigenvalue weighted by atomic mass is 127. The van der Waals surface area contributed by atoms with Crippen LogP contribution < -0.4 is 5.32 Å².